The summed E-state index contributed by atoms with van der Waals surface area (Å²) in [7, 11) is 0. The minimum Gasteiger partial charge on any atom is -0.396 e. The minimum atomic E-state index is -0.0310. The molecule has 2 saturated heterocycles. The Labute approximate surface area is 97.5 Å². The second kappa shape index (κ2) is 5.00. The van der Waals surface area contributed by atoms with Gasteiger partial charge >= 0.3 is 0 Å². The van der Waals surface area contributed by atoms with Gasteiger partial charge in [-0.25, -0.2) is 0 Å². The SMILES string of the molecule is CC1CN(CC2(CO)CCOC2)CC(C)O1. The average Bonchev–Trinajstić information content (AvgIpc) is 2.65. The van der Waals surface area contributed by atoms with Crippen molar-refractivity contribution in [2.24, 2.45) is 5.41 Å². The molecule has 0 amide bonds. The van der Waals surface area contributed by atoms with E-state index in [9.17, 15) is 5.11 Å². The Hall–Kier alpha value is -0.160. The average molecular weight is 229 g/mol. The Morgan fingerprint density at radius 2 is 2.00 bits per heavy atom. The molecule has 0 aliphatic carbocycles. The van der Waals surface area contributed by atoms with Crippen LogP contribution in [0.3, 0.4) is 0 Å². The summed E-state index contributed by atoms with van der Waals surface area (Å²) in [5.41, 5.74) is -0.0310. The van der Waals surface area contributed by atoms with Crippen molar-refractivity contribution < 1.29 is 14.6 Å². The molecule has 0 spiro atoms. The maximum absolute atomic E-state index is 9.54. The zero-order valence-corrected chi connectivity index (χ0v) is 10.3. The van der Waals surface area contributed by atoms with Gasteiger partial charge in [0, 0.05) is 31.7 Å². The van der Waals surface area contributed by atoms with Gasteiger partial charge in [-0.3, -0.25) is 4.90 Å². The first-order valence-electron chi connectivity index (χ1n) is 6.20. The van der Waals surface area contributed by atoms with Gasteiger partial charge in [-0.15, -0.1) is 0 Å². The molecular weight excluding hydrogens is 206 g/mol. The van der Waals surface area contributed by atoms with Gasteiger partial charge in [0.2, 0.25) is 0 Å². The number of ether oxygens (including phenoxy) is 2. The Bertz CT molecular complexity index is 218. The summed E-state index contributed by atoms with van der Waals surface area (Å²) >= 11 is 0. The largest absolute Gasteiger partial charge is 0.396 e. The van der Waals surface area contributed by atoms with E-state index in [0.717, 1.165) is 32.7 Å². The molecule has 2 aliphatic heterocycles. The first-order valence-corrected chi connectivity index (χ1v) is 6.20. The first-order chi connectivity index (χ1) is 7.63. The van der Waals surface area contributed by atoms with Crippen molar-refractivity contribution in [1.82, 2.24) is 4.90 Å². The van der Waals surface area contributed by atoms with Gasteiger partial charge in [0.25, 0.3) is 0 Å². The van der Waals surface area contributed by atoms with E-state index in [1.807, 2.05) is 0 Å². The first kappa shape index (κ1) is 12.3. The molecule has 94 valence electrons. The van der Waals surface area contributed by atoms with Crippen molar-refractivity contribution in [3.8, 4) is 0 Å². The summed E-state index contributed by atoms with van der Waals surface area (Å²) in [5.74, 6) is 0. The molecular formula is C12H23NO3. The molecule has 3 atom stereocenters. The van der Waals surface area contributed by atoms with Crippen LogP contribution >= 0.6 is 0 Å². The molecule has 0 radical (unpaired) electrons. The van der Waals surface area contributed by atoms with Crippen LogP contribution in [0.15, 0.2) is 0 Å². The van der Waals surface area contributed by atoms with Crippen LogP contribution in [-0.4, -0.2) is 61.7 Å². The standard InChI is InChI=1S/C12H23NO3/c1-10-5-13(6-11(2)16-10)7-12(8-14)3-4-15-9-12/h10-11,14H,3-9H2,1-2H3. The maximum atomic E-state index is 9.54. The number of morpholine rings is 1. The Morgan fingerprint density at radius 3 is 2.50 bits per heavy atom. The lowest BCUT2D eigenvalue weighted by molar-refractivity contribution is -0.0820. The van der Waals surface area contributed by atoms with Crippen molar-refractivity contribution in [1.29, 1.82) is 0 Å². The highest BCUT2D eigenvalue weighted by atomic mass is 16.5. The third-order valence-electron chi connectivity index (χ3n) is 3.57. The fraction of sp³-hybridized carbons (Fsp3) is 1.00. The van der Waals surface area contributed by atoms with Gasteiger partial charge in [0.15, 0.2) is 0 Å². The summed E-state index contributed by atoms with van der Waals surface area (Å²) in [4.78, 5) is 2.41. The van der Waals surface area contributed by atoms with E-state index < -0.39 is 0 Å². The lowest BCUT2D eigenvalue weighted by Gasteiger charge is -2.39. The number of rotatable bonds is 3. The van der Waals surface area contributed by atoms with Gasteiger partial charge in [0.05, 0.1) is 25.4 Å². The van der Waals surface area contributed by atoms with E-state index in [2.05, 4.69) is 18.7 Å². The van der Waals surface area contributed by atoms with Gasteiger partial charge in [0.1, 0.15) is 0 Å². The topological polar surface area (TPSA) is 41.9 Å². The number of aliphatic hydroxyl groups is 1. The highest BCUT2D eigenvalue weighted by molar-refractivity contribution is 4.88. The van der Waals surface area contributed by atoms with Gasteiger partial charge in [-0.05, 0) is 20.3 Å². The zero-order valence-electron chi connectivity index (χ0n) is 10.3. The lowest BCUT2D eigenvalue weighted by Crippen LogP contribution is -2.50. The third-order valence-corrected chi connectivity index (χ3v) is 3.57. The predicted octanol–water partition coefficient (Wildman–Crippen LogP) is 0.495. The molecule has 4 nitrogen and oxygen atoms in total. The van der Waals surface area contributed by atoms with Crippen LogP contribution < -0.4 is 0 Å². The van der Waals surface area contributed by atoms with Crippen LogP contribution in [0.5, 0.6) is 0 Å². The highest BCUT2D eigenvalue weighted by Crippen LogP contribution is 2.30. The molecule has 4 heteroatoms. The molecule has 3 unspecified atom stereocenters. The van der Waals surface area contributed by atoms with E-state index in [1.54, 1.807) is 0 Å². The van der Waals surface area contributed by atoms with Crippen LogP contribution in [-0.2, 0) is 9.47 Å². The molecule has 2 aliphatic rings. The van der Waals surface area contributed by atoms with Crippen LogP contribution in [0.25, 0.3) is 0 Å². The van der Waals surface area contributed by atoms with Crippen molar-refractivity contribution in [3.63, 3.8) is 0 Å². The molecule has 2 rings (SSSR count). The van der Waals surface area contributed by atoms with Crippen molar-refractivity contribution in [2.75, 3.05) is 39.5 Å². The molecule has 0 bridgehead atoms. The minimum absolute atomic E-state index is 0.0310. The molecule has 0 aromatic rings. The molecule has 0 aromatic carbocycles. The van der Waals surface area contributed by atoms with Gasteiger partial charge < -0.3 is 14.6 Å². The zero-order chi connectivity index (χ0) is 11.6. The Morgan fingerprint density at radius 1 is 1.31 bits per heavy atom. The van der Waals surface area contributed by atoms with Crippen molar-refractivity contribution in [3.05, 3.63) is 0 Å². The Balaban J connectivity index is 1.92. The molecule has 0 saturated carbocycles. The maximum Gasteiger partial charge on any atom is 0.0678 e. The van der Waals surface area contributed by atoms with E-state index in [1.165, 1.54) is 0 Å². The lowest BCUT2D eigenvalue weighted by atomic mass is 9.87. The van der Waals surface area contributed by atoms with E-state index in [0.29, 0.717) is 18.8 Å². The summed E-state index contributed by atoms with van der Waals surface area (Å²) in [6.07, 6.45) is 1.56. The summed E-state index contributed by atoms with van der Waals surface area (Å²) in [6.45, 7) is 8.80. The van der Waals surface area contributed by atoms with Gasteiger partial charge in [-0.1, -0.05) is 0 Å². The molecule has 2 fully saturated rings. The quantitative estimate of drug-likeness (QED) is 0.765. The fourth-order valence-electron chi connectivity index (χ4n) is 2.84. The third kappa shape index (κ3) is 2.74. The molecule has 2 heterocycles. The van der Waals surface area contributed by atoms with E-state index in [-0.39, 0.29) is 12.0 Å². The summed E-state index contributed by atoms with van der Waals surface area (Å²) in [5, 5.41) is 9.54. The van der Waals surface area contributed by atoms with Crippen LogP contribution in [0.2, 0.25) is 0 Å². The van der Waals surface area contributed by atoms with E-state index in [4.69, 9.17) is 9.47 Å². The summed E-state index contributed by atoms with van der Waals surface area (Å²) in [6, 6.07) is 0. The monoisotopic (exact) mass is 229 g/mol. The molecule has 1 N–H and O–H groups in total. The van der Waals surface area contributed by atoms with Crippen LogP contribution in [0.1, 0.15) is 20.3 Å². The predicted molar refractivity (Wildman–Crippen MR) is 61.4 cm³/mol. The van der Waals surface area contributed by atoms with Crippen molar-refractivity contribution >= 4 is 0 Å². The van der Waals surface area contributed by atoms with Gasteiger partial charge in [-0.2, -0.15) is 0 Å². The highest BCUT2D eigenvalue weighted by Gasteiger charge is 2.37. The van der Waals surface area contributed by atoms with E-state index >= 15 is 0 Å². The smallest absolute Gasteiger partial charge is 0.0678 e. The van der Waals surface area contributed by atoms with Crippen LogP contribution in [0.4, 0.5) is 0 Å². The normalized spacial score (nSPS) is 41.4. The second-order valence-electron chi connectivity index (χ2n) is 5.41. The summed E-state index contributed by atoms with van der Waals surface area (Å²) < 4.78 is 11.1. The van der Waals surface area contributed by atoms with Crippen LogP contribution in [0, 0.1) is 5.41 Å². The molecule has 16 heavy (non-hydrogen) atoms. The number of hydrogen-bond acceptors (Lipinski definition) is 4. The fourth-order valence-corrected chi connectivity index (χ4v) is 2.84. The van der Waals surface area contributed by atoms with Crippen molar-refractivity contribution in [2.45, 2.75) is 32.5 Å². The number of nitrogens with zero attached hydrogens (tertiary/aromatic N) is 1. The number of hydrogen-bond donors (Lipinski definition) is 1. The number of aliphatic hydroxyl groups excluding tert-OH is 1. The second-order valence-corrected chi connectivity index (χ2v) is 5.41. The Kier molecular flexibility index (Phi) is 3.85. The molecule has 0 aromatic heterocycles.